The van der Waals surface area contributed by atoms with Crippen LogP contribution in [-0.2, 0) is 6.18 Å². The fraction of sp³-hybridized carbons (Fsp3) is 0.412. The standard InChI is InChI=1S/C17H19F3IN3O/c1-3-5-9-25-15-14(17(18,19)20)11-22-16(23-15)24(4-2)13-8-6-7-12(21)10-13/h6-8,10-11H,3-5,9H2,1-2H3. The Morgan fingerprint density at radius 1 is 1.24 bits per heavy atom. The summed E-state index contributed by atoms with van der Waals surface area (Å²) < 4.78 is 45.8. The summed E-state index contributed by atoms with van der Waals surface area (Å²) in [5, 5.41) is 0. The number of anilines is 2. The van der Waals surface area contributed by atoms with Crippen molar-refractivity contribution in [2.24, 2.45) is 0 Å². The number of nitrogens with zero attached hydrogens (tertiary/aromatic N) is 3. The maximum atomic E-state index is 13.2. The van der Waals surface area contributed by atoms with Gasteiger partial charge in [0.2, 0.25) is 11.8 Å². The van der Waals surface area contributed by atoms with Gasteiger partial charge in [-0.3, -0.25) is 0 Å². The van der Waals surface area contributed by atoms with Crippen LogP contribution in [0.2, 0.25) is 0 Å². The van der Waals surface area contributed by atoms with Gasteiger partial charge >= 0.3 is 6.18 Å². The minimum atomic E-state index is -4.56. The average molecular weight is 465 g/mol. The van der Waals surface area contributed by atoms with E-state index in [1.807, 2.05) is 38.1 Å². The summed E-state index contributed by atoms with van der Waals surface area (Å²) in [4.78, 5) is 9.73. The molecule has 0 fully saturated rings. The summed E-state index contributed by atoms with van der Waals surface area (Å²) >= 11 is 2.18. The largest absolute Gasteiger partial charge is 0.477 e. The molecule has 0 radical (unpaired) electrons. The molecular formula is C17H19F3IN3O. The van der Waals surface area contributed by atoms with Gasteiger partial charge in [0.25, 0.3) is 0 Å². The first kappa shape index (κ1) is 19.7. The molecule has 136 valence electrons. The number of alkyl halides is 3. The van der Waals surface area contributed by atoms with Crippen molar-refractivity contribution in [2.75, 3.05) is 18.1 Å². The van der Waals surface area contributed by atoms with Crippen molar-refractivity contribution in [1.82, 2.24) is 9.97 Å². The molecule has 0 aliphatic rings. The average Bonchev–Trinajstić information content (AvgIpc) is 2.55. The number of ether oxygens (including phenoxy) is 1. The molecule has 2 aromatic rings. The number of hydrogen-bond acceptors (Lipinski definition) is 4. The molecule has 25 heavy (non-hydrogen) atoms. The summed E-state index contributed by atoms with van der Waals surface area (Å²) in [5.74, 6) is -0.237. The number of hydrogen-bond donors (Lipinski definition) is 0. The molecule has 0 N–H and O–H groups in total. The third-order valence-corrected chi connectivity index (χ3v) is 4.13. The zero-order valence-electron chi connectivity index (χ0n) is 14.0. The highest BCUT2D eigenvalue weighted by atomic mass is 127. The summed E-state index contributed by atoms with van der Waals surface area (Å²) in [6.07, 6.45) is -2.28. The Labute approximate surface area is 158 Å². The minimum absolute atomic E-state index is 0.184. The van der Waals surface area contributed by atoms with Crippen molar-refractivity contribution in [1.29, 1.82) is 0 Å². The van der Waals surface area contributed by atoms with Gasteiger partial charge in [-0.2, -0.15) is 18.2 Å². The first-order valence-corrected chi connectivity index (χ1v) is 9.04. The third kappa shape index (κ3) is 5.20. The Bertz CT molecular complexity index is 710. The predicted octanol–water partition coefficient (Wildman–Crippen LogP) is 5.44. The number of halogens is 4. The van der Waals surface area contributed by atoms with E-state index in [0.717, 1.165) is 21.9 Å². The highest BCUT2D eigenvalue weighted by Gasteiger charge is 2.36. The van der Waals surface area contributed by atoms with Crippen LogP contribution in [-0.4, -0.2) is 23.1 Å². The predicted molar refractivity (Wildman–Crippen MR) is 99.3 cm³/mol. The van der Waals surface area contributed by atoms with Crippen LogP contribution in [0.4, 0.5) is 24.8 Å². The first-order chi connectivity index (χ1) is 11.9. The van der Waals surface area contributed by atoms with E-state index >= 15 is 0 Å². The minimum Gasteiger partial charge on any atom is -0.477 e. The number of benzene rings is 1. The molecule has 8 heteroatoms. The summed E-state index contributed by atoms with van der Waals surface area (Å²) in [5.41, 5.74) is -0.139. The third-order valence-electron chi connectivity index (χ3n) is 3.46. The number of unbranched alkanes of at least 4 members (excludes halogenated alkanes) is 1. The van der Waals surface area contributed by atoms with Crippen molar-refractivity contribution in [3.05, 3.63) is 39.6 Å². The van der Waals surface area contributed by atoms with Gasteiger partial charge in [-0.1, -0.05) is 19.4 Å². The van der Waals surface area contributed by atoms with Gasteiger partial charge in [0.15, 0.2) is 0 Å². The molecule has 0 spiro atoms. The lowest BCUT2D eigenvalue weighted by Crippen LogP contribution is -2.21. The van der Waals surface area contributed by atoms with Crippen LogP contribution < -0.4 is 9.64 Å². The van der Waals surface area contributed by atoms with Gasteiger partial charge in [0.05, 0.1) is 6.61 Å². The van der Waals surface area contributed by atoms with Crippen molar-refractivity contribution in [3.63, 3.8) is 0 Å². The highest BCUT2D eigenvalue weighted by Crippen LogP contribution is 2.36. The van der Waals surface area contributed by atoms with Crippen LogP contribution in [0.1, 0.15) is 32.3 Å². The molecule has 0 saturated heterocycles. The molecule has 0 unspecified atom stereocenters. The number of rotatable bonds is 7. The van der Waals surface area contributed by atoms with E-state index in [1.165, 1.54) is 0 Å². The topological polar surface area (TPSA) is 38.2 Å². The summed E-state index contributed by atoms with van der Waals surface area (Å²) in [7, 11) is 0. The molecule has 0 atom stereocenters. The van der Waals surface area contributed by atoms with E-state index in [2.05, 4.69) is 32.6 Å². The molecular weight excluding hydrogens is 446 g/mol. The van der Waals surface area contributed by atoms with Gasteiger partial charge in [0, 0.05) is 22.0 Å². The van der Waals surface area contributed by atoms with Crippen LogP contribution in [0.15, 0.2) is 30.5 Å². The molecule has 0 aliphatic carbocycles. The second-order valence-electron chi connectivity index (χ2n) is 5.31. The maximum Gasteiger partial charge on any atom is 0.423 e. The van der Waals surface area contributed by atoms with E-state index < -0.39 is 17.6 Å². The Morgan fingerprint density at radius 2 is 2.00 bits per heavy atom. The summed E-state index contributed by atoms with van der Waals surface area (Å²) in [6, 6.07) is 7.60. The molecule has 1 heterocycles. The monoisotopic (exact) mass is 465 g/mol. The van der Waals surface area contributed by atoms with E-state index in [1.54, 1.807) is 4.90 Å². The Kier molecular flexibility index (Phi) is 6.86. The SMILES string of the molecule is CCCCOc1nc(N(CC)c2cccc(I)c2)ncc1C(F)(F)F. The maximum absolute atomic E-state index is 13.2. The smallest absolute Gasteiger partial charge is 0.423 e. The lowest BCUT2D eigenvalue weighted by Gasteiger charge is -2.22. The zero-order valence-corrected chi connectivity index (χ0v) is 16.1. The van der Waals surface area contributed by atoms with Crippen LogP contribution in [0.25, 0.3) is 0 Å². The van der Waals surface area contributed by atoms with Gasteiger partial charge < -0.3 is 9.64 Å². The fourth-order valence-electron chi connectivity index (χ4n) is 2.19. The van der Waals surface area contributed by atoms with Gasteiger partial charge in [-0.15, -0.1) is 0 Å². The molecule has 1 aromatic heterocycles. The van der Waals surface area contributed by atoms with Crippen molar-refractivity contribution < 1.29 is 17.9 Å². The molecule has 0 aliphatic heterocycles. The van der Waals surface area contributed by atoms with E-state index in [-0.39, 0.29) is 12.6 Å². The normalized spacial score (nSPS) is 11.4. The Balaban J connectivity index is 2.41. The van der Waals surface area contributed by atoms with E-state index in [0.29, 0.717) is 13.0 Å². The molecule has 0 saturated carbocycles. The molecule has 4 nitrogen and oxygen atoms in total. The Hall–Kier alpha value is -1.58. The molecule has 0 amide bonds. The fourth-order valence-corrected chi connectivity index (χ4v) is 2.72. The van der Waals surface area contributed by atoms with Gasteiger partial charge in [0.1, 0.15) is 5.56 Å². The van der Waals surface area contributed by atoms with Crippen LogP contribution >= 0.6 is 22.6 Å². The quantitative estimate of drug-likeness (QED) is 0.404. The van der Waals surface area contributed by atoms with Crippen molar-refractivity contribution in [3.8, 4) is 5.88 Å². The lowest BCUT2D eigenvalue weighted by atomic mass is 10.3. The van der Waals surface area contributed by atoms with Gasteiger partial charge in [-0.05, 0) is 54.1 Å². The molecule has 2 rings (SSSR count). The van der Waals surface area contributed by atoms with Crippen LogP contribution in [0.5, 0.6) is 5.88 Å². The van der Waals surface area contributed by atoms with Crippen molar-refractivity contribution >= 4 is 34.2 Å². The zero-order chi connectivity index (χ0) is 18.4. The Morgan fingerprint density at radius 3 is 2.60 bits per heavy atom. The molecule has 0 bridgehead atoms. The highest BCUT2D eigenvalue weighted by molar-refractivity contribution is 14.1. The number of aromatic nitrogens is 2. The van der Waals surface area contributed by atoms with Crippen LogP contribution in [0, 0.1) is 3.57 Å². The summed E-state index contributed by atoms with van der Waals surface area (Å²) in [6.45, 7) is 4.53. The second-order valence-corrected chi connectivity index (χ2v) is 6.56. The van der Waals surface area contributed by atoms with E-state index in [4.69, 9.17) is 4.74 Å². The first-order valence-electron chi connectivity index (χ1n) is 7.97. The van der Waals surface area contributed by atoms with E-state index in [9.17, 15) is 13.2 Å². The molecule has 1 aromatic carbocycles. The lowest BCUT2D eigenvalue weighted by molar-refractivity contribution is -0.139. The second kappa shape index (κ2) is 8.68. The van der Waals surface area contributed by atoms with Crippen molar-refractivity contribution in [2.45, 2.75) is 32.9 Å². The van der Waals surface area contributed by atoms with Crippen LogP contribution in [0.3, 0.4) is 0 Å². The van der Waals surface area contributed by atoms with Gasteiger partial charge in [-0.25, -0.2) is 4.98 Å².